The van der Waals surface area contributed by atoms with Crippen LogP contribution >= 0.6 is 12.4 Å². The molecule has 2 aromatic rings. The van der Waals surface area contributed by atoms with Crippen LogP contribution < -0.4 is 10.6 Å². The van der Waals surface area contributed by atoms with E-state index in [1.54, 1.807) is 10.9 Å². The number of hydrogen-bond donors (Lipinski definition) is 2. The first-order chi connectivity index (χ1) is 11.3. The molecule has 1 amide bonds. The SMILES string of the molecule is Cl.O=C(Nc1cnn(-c2ccccc2)c1)[C@@]12CCCC[C@H]1CNC2. The zero-order valence-electron chi connectivity index (χ0n) is 13.6. The molecule has 1 aromatic carbocycles. The Morgan fingerprint density at radius 1 is 1.29 bits per heavy atom. The maximum atomic E-state index is 12.9. The lowest BCUT2D eigenvalue weighted by molar-refractivity contribution is -0.128. The zero-order chi connectivity index (χ0) is 15.7. The van der Waals surface area contributed by atoms with E-state index in [1.807, 2.05) is 36.5 Å². The molecule has 128 valence electrons. The smallest absolute Gasteiger partial charge is 0.232 e. The molecule has 0 bridgehead atoms. The Morgan fingerprint density at radius 2 is 2.12 bits per heavy atom. The molecule has 1 aliphatic heterocycles. The van der Waals surface area contributed by atoms with Gasteiger partial charge in [0.25, 0.3) is 0 Å². The van der Waals surface area contributed by atoms with Gasteiger partial charge in [-0.1, -0.05) is 31.0 Å². The van der Waals surface area contributed by atoms with E-state index in [0.717, 1.165) is 43.7 Å². The van der Waals surface area contributed by atoms with Gasteiger partial charge in [0, 0.05) is 6.54 Å². The number of hydrogen-bond acceptors (Lipinski definition) is 3. The molecule has 2 atom stereocenters. The van der Waals surface area contributed by atoms with Crippen LogP contribution in [0.15, 0.2) is 42.7 Å². The number of anilines is 1. The summed E-state index contributed by atoms with van der Waals surface area (Å²) in [6.07, 6.45) is 8.14. The van der Waals surface area contributed by atoms with Gasteiger partial charge in [0.1, 0.15) is 0 Å². The lowest BCUT2D eigenvalue weighted by Crippen LogP contribution is -2.44. The van der Waals surface area contributed by atoms with E-state index in [1.165, 1.54) is 6.42 Å². The van der Waals surface area contributed by atoms with E-state index in [9.17, 15) is 4.79 Å². The molecular formula is C18H23ClN4O. The molecule has 1 saturated heterocycles. The first-order valence-electron chi connectivity index (χ1n) is 8.40. The Hall–Kier alpha value is -1.85. The molecule has 2 aliphatic rings. The third-order valence-electron chi connectivity index (χ3n) is 5.35. The fourth-order valence-corrected chi connectivity index (χ4v) is 4.06. The molecule has 6 heteroatoms. The molecule has 0 unspecified atom stereocenters. The highest BCUT2D eigenvalue weighted by atomic mass is 35.5. The third-order valence-corrected chi connectivity index (χ3v) is 5.35. The minimum absolute atomic E-state index is 0. The number of benzene rings is 1. The summed E-state index contributed by atoms with van der Waals surface area (Å²) in [6.45, 7) is 1.77. The highest BCUT2D eigenvalue weighted by molar-refractivity contribution is 5.96. The van der Waals surface area contributed by atoms with Crippen LogP contribution in [0.1, 0.15) is 25.7 Å². The molecule has 4 rings (SSSR count). The molecule has 1 aliphatic carbocycles. The summed E-state index contributed by atoms with van der Waals surface area (Å²) in [5, 5.41) is 10.9. The molecule has 2 fully saturated rings. The van der Waals surface area contributed by atoms with Gasteiger partial charge in [-0.05, 0) is 37.4 Å². The Labute approximate surface area is 148 Å². The van der Waals surface area contributed by atoms with Gasteiger partial charge < -0.3 is 10.6 Å². The van der Waals surface area contributed by atoms with Gasteiger partial charge in [-0.2, -0.15) is 5.10 Å². The van der Waals surface area contributed by atoms with Crippen LogP contribution in [-0.4, -0.2) is 28.8 Å². The summed E-state index contributed by atoms with van der Waals surface area (Å²) in [5.41, 5.74) is 1.53. The summed E-state index contributed by atoms with van der Waals surface area (Å²) in [5.74, 6) is 0.625. The number of amides is 1. The van der Waals surface area contributed by atoms with E-state index in [4.69, 9.17) is 0 Å². The van der Waals surface area contributed by atoms with Crippen molar-refractivity contribution in [2.24, 2.45) is 11.3 Å². The van der Waals surface area contributed by atoms with E-state index in [0.29, 0.717) is 5.92 Å². The van der Waals surface area contributed by atoms with E-state index in [2.05, 4.69) is 15.7 Å². The standard InChI is InChI=1S/C18H22N4O.ClH/c23-17(18-9-5-4-6-14(18)10-19-13-18)21-15-11-20-22(12-15)16-7-2-1-3-8-16;/h1-3,7-8,11-12,14,19H,4-6,9-10,13H2,(H,21,23);1H/t14-,18+;/m0./s1. The number of fused-ring (bicyclic) bond motifs is 1. The van der Waals surface area contributed by atoms with Crippen molar-refractivity contribution in [3.05, 3.63) is 42.7 Å². The van der Waals surface area contributed by atoms with Gasteiger partial charge in [0.2, 0.25) is 5.91 Å². The van der Waals surface area contributed by atoms with Gasteiger partial charge in [-0.25, -0.2) is 4.68 Å². The first kappa shape index (κ1) is 17.0. The predicted molar refractivity (Wildman–Crippen MR) is 96.7 cm³/mol. The minimum Gasteiger partial charge on any atom is -0.323 e. The lowest BCUT2D eigenvalue weighted by atomic mass is 9.67. The number of aromatic nitrogens is 2. The third kappa shape index (κ3) is 2.94. The first-order valence-corrected chi connectivity index (χ1v) is 8.40. The largest absolute Gasteiger partial charge is 0.323 e. The van der Waals surface area contributed by atoms with Crippen molar-refractivity contribution < 1.29 is 4.79 Å². The second kappa shape index (κ2) is 6.95. The summed E-state index contributed by atoms with van der Waals surface area (Å²) < 4.78 is 1.79. The molecule has 2 N–H and O–H groups in total. The van der Waals surface area contributed by atoms with E-state index in [-0.39, 0.29) is 23.7 Å². The van der Waals surface area contributed by atoms with Crippen molar-refractivity contribution in [3.63, 3.8) is 0 Å². The van der Waals surface area contributed by atoms with Gasteiger partial charge in [0.05, 0.1) is 29.2 Å². The highest BCUT2D eigenvalue weighted by Gasteiger charge is 2.49. The van der Waals surface area contributed by atoms with Crippen LogP contribution in [0.4, 0.5) is 5.69 Å². The topological polar surface area (TPSA) is 59.0 Å². The maximum absolute atomic E-state index is 12.9. The number of para-hydroxylation sites is 1. The molecule has 0 radical (unpaired) electrons. The Bertz CT molecular complexity index is 702. The number of nitrogens with zero attached hydrogens (tertiary/aromatic N) is 2. The Morgan fingerprint density at radius 3 is 2.96 bits per heavy atom. The van der Waals surface area contributed by atoms with Crippen LogP contribution in [0.2, 0.25) is 0 Å². The van der Waals surface area contributed by atoms with Crippen molar-refractivity contribution in [3.8, 4) is 5.69 Å². The van der Waals surface area contributed by atoms with Gasteiger partial charge >= 0.3 is 0 Å². The quantitative estimate of drug-likeness (QED) is 0.898. The summed E-state index contributed by atoms with van der Waals surface area (Å²) in [6, 6.07) is 9.92. The van der Waals surface area contributed by atoms with Crippen LogP contribution in [-0.2, 0) is 4.79 Å². The number of nitrogens with one attached hydrogen (secondary N) is 2. The van der Waals surface area contributed by atoms with Crippen molar-refractivity contribution in [1.82, 2.24) is 15.1 Å². The second-order valence-corrected chi connectivity index (χ2v) is 6.69. The lowest BCUT2D eigenvalue weighted by Gasteiger charge is -2.36. The predicted octanol–water partition coefficient (Wildman–Crippen LogP) is 3.01. The molecule has 1 saturated carbocycles. The van der Waals surface area contributed by atoms with Crippen LogP contribution in [0.25, 0.3) is 5.69 Å². The average molecular weight is 347 g/mol. The average Bonchev–Trinajstić information content (AvgIpc) is 3.23. The van der Waals surface area contributed by atoms with Crippen molar-refractivity contribution in [2.45, 2.75) is 25.7 Å². The van der Waals surface area contributed by atoms with Gasteiger partial charge in [-0.15, -0.1) is 12.4 Å². The van der Waals surface area contributed by atoms with Crippen molar-refractivity contribution >= 4 is 24.0 Å². The summed E-state index contributed by atoms with van der Waals surface area (Å²) in [7, 11) is 0. The maximum Gasteiger partial charge on any atom is 0.232 e. The molecule has 2 heterocycles. The molecular weight excluding hydrogens is 324 g/mol. The second-order valence-electron chi connectivity index (χ2n) is 6.69. The molecule has 0 spiro atoms. The van der Waals surface area contributed by atoms with E-state index < -0.39 is 0 Å². The molecule has 24 heavy (non-hydrogen) atoms. The molecule has 5 nitrogen and oxygen atoms in total. The zero-order valence-corrected chi connectivity index (χ0v) is 14.4. The fourth-order valence-electron chi connectivity index (χ4n) is 4.06. The summed E-state index contributed by atoms with van der Waals surface area (Å²) in [4.78, 5) is 12.9. The number of halogens is 1. The van der Waals surface area contributed by atoms with Crippen molar-refractivity contribution in [1.29, 1.82) is 0 Å². The monoisotopic (exact) mass is 346 g/mol. The normalized spacial score (nSPS) is 25.6. The van der Waals surface area contributed by atoms with Crippen molar-refractivity contribution in [2.75, 3.05) is 18.4 Å². The highest BCUT2D eigenvalue weighted by Crippen LogP contribution is 2.44. The van der Waals surface area contributed by atoms with Gasteiger partial charge in [0.15, 0.2) is 0 Å². The Kier molecular flexibility index (Phi) is 4.92. The number of carbonyl (C=O) groups is 1. The number of rotatable bonds is 3. The van der Waals surface area contributed by atoms with Crippen LogP contribution in [0, 0.1) is 11.3 Å². The van der Waals surface area contributed by atoms with E-state index >= 15 is 0 Å². The molecule has 1 aromatic heterocycles. The summed E-state index contributed by atoms with van der Waals surface area (Å²) >= 11 is 0. The van der Waals surface area contributed by atoms with Crippen LogP contribution in [0.5, 0.6) is 0 Å². The minimum atomic E-state index is -0.229. The number of carbonyl (C=O) groups excluding carboxylic acids is 1. The Balaban J connectivity index is 0.00000169. The van der Waals surface area contributed by atoms with Crippen LogP contribution in [0.3, 0.4) is 0 Å². The van der Waals surface area contributed by atoms with Gasteiger partial charge in [-0.3, -0.25) is 4.79 Å². The fraction of sp³-hybridized carbons (Fsp3) is 0.444.